The van der Waals surface area contributed by atoms with Crippen LogP contribution in [-0.4, -0.2) is 16.2 Å². The summed E-state index contributed by atoms with van der Waals surface area (Å²) in [5.41, 5.74) is 3.25. The van der Waals surface area contributed by atoms with Crippen molar-refractivity contribution in [3.8, 4) is 0 Å². The molecule has 0 radical (unpaired) electrons. The SMILES string of the molecule is CC(CCc1cc(F)ccn1)[C@H]1CC[C@H]2[C@@H]3CC=C4C[C@@H](O)CC[C@]4(C)[C@H]3CC[C@]12C. The molecule has 1 N–H and O–H groups in total. The summed E-state index contributed by atoms with van der Waals surface area (Å²) in [5, 5.41) is 10.2. The largest absolute Gasteiger partial charge is 0.393 e. The van der Waals surface area contributed by atoms with E-state index in [0.717, 1.165) is 55.0 Å². The minimum atomic E-state index is -0.169. The van der Waals surface area contributed by atoms with Crippen LogP contribution in [0.15, 0.2) is 30.0 Å². The van der Waals surface area contributed by atoms with E-state index in [4.69, 9.17) is 0 Å². The molecule has 3 fully saturated rings. The molecule has 4 aliphatic carbocycles. The number of rotatable bonds is 4. The smallest absolute Gasteiger partial charge is 0.126 e. The maximum Gasteiger partial charge on any atom is 0.126 e. The van der Waals surface area contributed by atoms with E-state index in [2.05, 4.69) is 31.8 Å². The van der Waals surface area contributed by atoms with Crippen LogP contribution in [0.1, 0.15) is 84.3 Å². The van der Waals surface area contributed by atoms with Gasteiger partial charge in [0.1, 0.15) is 5.82 Å². The van der Waals surface area contributed by atoms with Crippen molar-refractivity contribution in [3.63, 3.8) is 0 Å². The van der Waals surface area contributed by atoms with Gasteiger partial charge in [-0.25, -0.2) is 4.39 Å². The zero-order chi connectivity index (χ0) is 21.8. The van der Waals surface area contributed by atoms with Crippen LogP contribution in [0.3, 0.4) is 0 Å². The number of pyridine rings is 1. The summed E-state index contributed by atoms with van der Waals surface area (Å²) in [6, 6.07) is 3.04. The molecule has 170 valence electrons. The van der Waals surface area contributed by atoms with Crippen molar-refractivity contribution in [2.24, 2.45) is 40.4 Å². The molecule has 0 aromatic carbocycles. The molecule has 2 nitrogen and oxygen atoms in total. The summed E-state index contributed by atoms with van der Waals surface area (Å²) in [6.07, 6.45) is 15.8. The van der Waals surface area contributed by atoms with Gasteiger partial charge in [-0.05, 0) is 117 Å². The first-order chi connectivity index (χ1) is 14.8. The van der Waals surface area contributed by atoms with E-state index in [0.29, 0.717) is 16.7 Å². The lowest BCUT2D eigenvalue weighted by Gasteiger charge is -2.58. The van der Waals surface area contributed by atoms with Crippen LogP contribution in [-0.2, 0) is 6.42 Å². The maximum atomic E-state index is 13.5. The third-order valence-electron chi connectivity index (χ3n) is 10.5. The van der Waals surface area contributed by atoms with E-state index >= 15 is 0 Å². The van der Waals surface area contributed by atoms with Crippen LogP contribution in [0.5, 0.6) is 0 Å². The summed E-state index contributed by atoms with van der Waals surface area (Å²) >= 11 is 0. The van der Waals surface area contributed by atoms with E-state index < -0.39 is 0 Å². The predicted octanol–water partition coefficient (Wildman–Crippen LogP) is 6.73. The third-order valence-corrected chi connectivity index (χ3v) is 10.5. The Labute approximate surface area is 187 Å². The fourth-order valence-electron chi connectivity index (χ4n) is 8.78. The molecule has 0 amide bonds. The van der Waals surface area contributed by atoms with Crippen molar-refractivity contribution < 1.29 is 9.50 Å². The monoisotopic (exact) mass is 425 g/mol. The van der Waals surface area contributed by atoms with Gasteiger partial charge in [0, 0.05) is 11.9 Å². The third kappa shape index (κ3) is 3.59. The first-order valence-electron chi connectivity index (χ1n) is 12.8. The van der Waals surface area contributed by atoms with Crippen molar-refractivity contribution in [1.29, 1.82) is 0 Å². The average molecular weight is 426 g/mol. The van der Waals surface area contributed by atoms with Crippen LogP contribution in [0.25, 0.3) is 0 Å². The fraction of sp³-hybridized carbons (Fsp3) is 0.750. The second-order valence-corrected chi connectivity index (χ2v) is 11.9. The molecule has 1 aromatic heterocycles. The standard InChI is InChI=1S/C28H40FNO/c1-18(4-6-21-17-20(29)12-15-30-21)24-8-9-25-23-7-5-19-16-22(31)10-13-27(19,2)26(23)11-14-28(24,25)3/h5,12,15,17-18,22-26,31H,4,6-11,13-14,16H2,1-3H3/t18?,22-,23-,24+,25-,26-,27-,28+/m0/s1. The lowest BCUT2D eigenvalue weighted by atomic mass is 9.47. The number of halogens is 1. The number of hydrogen-bond acceptors (Lipinski definition) is 2. The number of aliphatic hydroxyl groups is 1. The van der Waals surface area contributed by atoms with Gasteiger partial charge in [0.15, 0.2) is 0 Å². The molecule has 4 aliphatic rings. The Morgan fingerprint density at radius 3 is 2.81 bits per heavy atom. The van der Waals surface area contributed by atoms with Crippen LogP contribution in [0, 0.1) is 46.2 Å². The van der Waals surface area contributed by atoms with Crippen molar-refractivity contribution >= 4 is 0 Å². The van der Waals surface area contributed by atoms with Crippen molar-refractivity contribution in [2.45, 2.75) is 91.1 Å². The van der Waals surface area contributed by atoms with Crippen LogP contribution < -0.4 is 0 Å². The quantitative estimate of drug-likeness (QED) is 0.543. The normalized spacial score (nSPS) is 42.9. The topological polar surface area (TPSA) is 33.1 Å². The molecule has 3 saturated carbocycles. The molecule has 5 rings (SSSR count). The van der Waals surface area contributed by atoms with Gasteiger partial charge >= 0.3 is 0 Å². The van der Waals surface area contributed by atoms with E-state index in [1.54, 1.807) is 17.8 Å². The first kappa shape index (κ1) is 21.6. The Kier molecular flexibility index (Phi) is 5.56. The van der Waals surface area contributed by atoms with Gasteiger partial charge in [0.2, 0.25) is 0 Å². The second-order valence-electron chi connectivity index (χ2n) is 11.9. The Morgan fingerprint density at radius 2 is 2.00 bits per heavy atom. The van der Waals surface area contributed by atoms with Crippen LogP contribution >= 0.6 is 0 Å². The molecular weight excluding hydrogens is 385 g/mol. The summed E-state index contributed by atoms with van der Waals surface area (Å²) in [7, 11) is 0. The van der Waals surface area contributed by atoms with Crippen molar-refractivity contribution in [2.75, 3.05) is 0 Å². The zero-order valence-electron chi connectivity index (χ0n) is 19.6. The number of nitrogens with zero attached hydrogens (tertiary/aromatic N) is 1. The van der Waals surface area contributed by atoms with Crippen LogP contribution in [0.4, 0.5) is 4.39 Å². The number of aromatic nitrogens is 1. The van der Waals surface area contributed by atoms with Gasteiger partial charge in [-0.1, -0.05) is 32.4 Å². The summed E-state index contributed by atoms with van der Waals surface area (Å²) in [5.74, 6) is 3.74. The number of aryl methyl sites for hydroxylation is 1. The second kappa shape index (κ2) is 7.97. The summed E-state index contributed by atoms with van der Waals surface area (Å²) in [4.78, 5) is 4.38. The molecule has 8 atom stereocenters. The minimum absolute atomic E-state index is 0.117. The Morgan fingerprint density at radius 1 is 1.16 bits per heavy atom. The minimum Gasteiger partial charge on any atom is -0.393 e. The van der Waals surface area contributed by atoms with E-state index in [1.165, 1.54) is 44.6 Å². The molecule has 0 bridgehead atoms. The van der Waals surface area contributed by atoms with Gasteiger partial charge in [0.05, 0.1) is 6.10 Å². The van der Waals surface area contributed by atoms with Crippen molar-refractivity contribution in [3.05, 3.63) is 41.5 Å². The number of fused-ring (bicyclic) bond motifs is 5. The zero-order valence-corrected chi connectivity index (χ0v) is 19.6. The average Bonchev–Trinajstić information content (AvgIpc) is 3.10. The van der Waals surface area contributed by atoms with Gasteiger partial charge < -0.3 is 5.11 Å². The van der Waals surface area contributed by atoms with Gasteiger partial charge in [-0.3, -0.25) is 4.98 Å². The van der Waals surface area contributed by atoms with E-state index in [-0.39, 0.29) is 11.9 Å². The van der Waals surface area contributed by atoms with E-state index in [1.807, 2.05) is 0 Å². The maximum absolute atomic E-state index is 13.5. The molecule has 1 heterocycles. The lowest BCUT2D eigenvalue weighted by molar-refractivity contribution is -0.0571. The summed E-state index contributed by atoms with van der Waals surface area (Å²) < 4.78 is 13.5. The predicted molar refractivity (Wildman–Crippen MR) is 123 cm³/mol. The van der Waals surface area contributed by atoms with E-state index in [9.17, 15) is 9.50 Å². The Balaban J connectivity index is 1.31. The van der Waals surface area contributed by atoms with Gasteiger partial charge in [-0.15, -0.1) is 0 Å². The van der Waals surface area contributed by atoms with Gasteiger partial charge in [0.25, 0.3) is 0 Å². The molecule has 0 aliphatic heterocycles. The Hall–Kier alpha value is -1.22. The Bertz CT molecular complexity index is 851. The fourth-order valence-corrected chi connectivity index (χ4v) is 8.78. The first-order valence-corrected chi connectivity index (χ1v) is 12.8. The van der Waals surface area contributed by atoms with Crippen LogP contribution in [0.2, 0.25) is 0 Å². The van der Waals surface area contributed by atoms with Gasteiger partial charge in [-0.2, -0.15) is 0 Å². The molecular formula is C28H40FNO. The highest BCUT2D eigenvalue weighted by molar-refractivity contribution is 5.25. The highest BCUT2D eigenvalue weighted by Crippen LogP contribution is 2.67. The molecule has 0 spiro atoms. The molecule has 31 heavy (non-hydrogen) atoms. The summed E-state index contributed by atoms with van der Waals surface area (Å²) in [6.45, 7) is 7.56. The van der Waals surface area contributed by atoms with Crippen molar-refractivity contribution in [1.82, 2.24) is 4.98 Å². The number of hydrogen-bond donors (Lipinski definition) is 1. The molecule has 1 aromatic rings. The lowest BCUT2D eigenvalue weighted by Crippen LogP contribution is -2.50. The number of allylic oxidation sites excluding steroid dienone is 1. The molecule has 3 heteroatoms. The number of aliphatic hydroxyl groups excluding tert-OH is 1. The highest BCUT2D eigenvalue weighted by Gasteiger charge is 2.59. The highest BCUT2D eigenvalue weighted by atomic mass is 19.1. The molecule has 1 unspecified atom stereocenters. The molecule has 0 saturated heterocycles.